The van der Waals surface area contributed by atoms with Crippen molar-refractivity contribution in [3.05, 3.63) is 0 Å². The van der Waals surface area contributed by atoms with Crippen LogP contribution in [-0.4, -0.2) is 62.2 Å². The van der Waals surface area contributed by atoms with Gasteiger partial charge in [0, 0.05) is 26.2 Å². The summed E-state index contributed by atoms with van der Waals surface area (Å²) >= 11 is 0. The van der Waals surface area contributed by atoms with Crippen molar-refractivity contribution < 1.29 is 74.2 Å². The summed E-state index contributed by atoms with van der Waals surface area (Å²) in [6.07, 6.45) is 2.26. The number of piperazine rings is 1. The van der Waals surface area contributed by atoms with Gasteiger partial charge >= 0.3 is 16.5 Å². The van der Waals surface area contributed by atoms with Crippen LogP contribution in [0.3, 0.4) is 0 Å². The molecule has 0 aromatic carbocycles. The van der Waals surface area contributed by atoms with E-state index in [0.717, 1.165) is 25.9 Å². The quantitative estimate of drug-likeness (QED) is 0.353. The summed E-state index contributed by atoms with van der Waals surface area (Å²) in [7, 11) is -9.89. The minimum atomic E-state index is -4.94. The van der Waals surface area contributed by atoms with Crippen LogP contribution in [0.5, 0.6) is 0 Å². The Morgan fingerprint density at radius 3 is 0.960 bits per heavy atom. The number of hydrogen-bond acceptors (Lipinski definition) is 12. The summed E-state index contributed by atoms with van der Waals surface area (Å²) < 4.78 is 67.9. The fraction of sp³-hybridized carbons (Fsp3) is 1.00. The zero-order chi connectivity index (χ0) is 19.2. The molecule has 0 spiro atoms. The Labute approximate surface area is 161 Å². The Hall–Kier alpha value is 0.594. The van der Waals surface area contributed by atoms with Crippen LogP contribution in [0.1, 0.15) is 12.8 Å². The van der Waals surface area contributed by atoms with E-state index < -0.39 is 20.5 Å². The van der Waals surface area contributed by atoms with Crippen LogP contribution in [-0.2, 0) is 16.5 Å². The van der Waals surface area contributed by atoms with E-state index >= 15 is 0 Å². The molecule has 0 aromatic rings. The third kappa shape index (κ3) is 36.3. The zero-order valence-corrected chi connectivity index (χ0v) is 16.0. The zero-order valence-electron chi connectivity index (χ0n) is 13.5. The molecule has 1 rings (SSSR count). The van der Waals surface area contributed by atoms with Crippen molar-refractivity contribution in [2.24, 2.45) is 11.5 Å². The van der Waals surface area contributed by atoms with Crippen molar-refractivity contribution in [3.63, 3.8) is 0 Å². The first-order valence-corrected chi connectivity index (χ1v) is 9.42. The van der Waals surface area contributed by atoms with Crippen LogP contribution >= 0.6 is 0 Å². The second kappa shape index (κ2) is 16.7. The molecule has 0 saturated carbocycles. The van der Waals surface area contributed by atoms with Crippen LogP contribution in [0.25, 0.3) is 0 Å². The maximum Gasteiger partial charge on any atom is 2.00 e. The number of halogens is 2. The van der Waals surface area contributed by atoms with Gasteiger partial charge in [-0.1, -0.05) is 0 Å². The van der Waals surface area contributed by atoms with E-state index in [0.29, 0.717) is 0 Å². The molecule has 1 saturated heterocycles. The van der Waals surface area contributed by atoms with E-state index in [-0.39, 0.29) is 16.5 Å². The van der Waals surface area contributed by atoms with Crippen LogP contribution in [0.2, 0.25) is 0 Å². The molecule has 1 heterocycles. The maximum atomic E-state index is 8.49. The predicted octanol–water partition coefficient (Wildman–Crippen LogP) is -10.2. The molecule has 15 heteroatoms. The summed E-state index contributed by atoms with van der Waals surface area (Å²) in [4.78, 5) is 5.01. The van der Waals surface area contributed by atoms with Crippen LogP contribution in [0.4, 0.5) is 0 Å². The second-order valence-corrected chi connectivity index (χ2v) is 6.24. The van der Waals surface area contributed by atoms with Gasteiger partial charge in [-0.25, -0.2) is 37.3 Å². The van der Waals surface area contributed by atoms with Gasteiger partial charge < -0.3 is 21.3 Å². The van der Waals surface area contributed by atoms with Crippen LogP contribution in [0.15, 0.2) is 0 Å². The third-order valence-corrected chi connectivity index (χ3v) is 2.82. The summed E-state index contributed by atoms with van der Waals surface area (Å²) in [5.74, 6) is 0. The van der Waals surface area contributed by atoms with Gasteiger partial charge in [-0.3, -0.25) is 0 Å². The Morgan fingerprint density at radius 2 is 0.800 bits per heavy atom. The SMILES string of the molecule is NCCCN1CCN(CCCN)CC1.[Ni+2].[O-][Cl+3]([O-])([O-])[O-].[O-][Cl+3]([O-])([O-])[O-]. The topological polar surface area (TPSA) is 243 Å². The molecule has 4 N–H and O–H groups in total. The second-order valence-electron chi connectivity index (χ2n) is 4.72. The molecule has 0 bridgehead atoms. The van der Waals surface area contributed by atoms with E-state index in [1.54, 1.807) is 0 Å². The monoisotopic (exact) mass is 456 g/mol. The minimum absolute atomic E-state index is 0. The average Bonchev–Trinajstić information content (AvgIpc) is 2.40. The van der Waals surface area contributed by atoms with Gasteiger partial charge in [-0.15, -0.1) is 20.5 Å². The maximum absolute atomic E-state index is 8.49. The van der Waals surface area contributed by atoms with Crippen molar-refractivity contribution in [1.82, 2.24) is 9.80 Å². The number of rotatable bonds is 6. The van der Waals surface area contributed by atoms with Gasteiger partial charge in [0.1, 0.15) is 0 Å². The molecule has 1 fully saturated rings. The van der Waals surface area contributed by atoms with Crippen molar-refractivity contribution in [1.29, 1.82) is 0 Å². The van der Waals surface area contributed by atoms with E-state index in [1.807, 2.05) is 0 Å². The Morgan fingerprint density at radius 1 is 0.600 bits per heavy atom. The van der Waals surface area contributed by atoms with Crippen LogP contribution in [0, 0.1) is 20.5 Å². The fourth-order valence-corrected chi connectivity index (χ4v) is 1.87. The Bertz CT molecular complexity index is 251. The molecule has 0 atom stereocenters. The molecule has 12 nitrogen and oxygen atoms in total. The van der Waals surface area contributed by atoms with E-state index in [1.165, 1.54) is 39.3 Å². The van der Waals surface area contributed by atoms with Gasteiger partial charge in [0.05, 0.1) is 0 Å². The van der Waals surface area contributed by atoms with E-state index in [4.69, 9.17) is 48.7 Å². The fourth-order valence-electron chi connectivity index (χ4n) is 1.87. The minimum Gasteiger partial charge on any atom is -0.330 e. The molecule has 156 valence electrons. The first-order valence-electron chi connectivity index (χ1n) is 6.95. The van der Waals surface area contributed by atoms with Crippen LogP contribution < -0.4 is 48.7 Å². The normalized spacial score (nSPS) is 16.1. The molecule has 0 aromatic heterocycles. The Kier molecular flexibility index (Phi) is 20.3. The Balaban J connectivity index is -0.000000368. The number of nitrogens with two attached hydrogens (primary N) is 2. The molecular weight excluding hydrogens is 434 g/mol. The number of nitrogens with zero attached hydrogens (tertiary/aromatic N) is 2. The summed E-state index contributed by atoms with van der Waals surface area (Å²) in [6.45, 7) is 8.76. The van der Waals surface area contributed by atoms with Crippen molar-refractivity contribution in [3.8, 4) is 0 Å². The standard InChI is InChI=1S/C10H24N4.2ClHO4.Ni/c11-3-1-5-13-7-9-14(10-8-13)6-2-4-12;2*2-1(3,4)5;/h1-12H2;2*(H,2,3,4,5);/q;;;+2/p-2. The van der Waals surface area contributed by atoms with E-state index in [2.05, 4.69) is 9.80 Å². The van der Waals surface area contributed by atoms with Gasteiger partial charge in [-0.05, 0) is 39.0 Å². The van der Waals surface area contributed by atoms with Crippen molar-refractivity contribution in [2.45, 2.75) is 12.8 Å². The molecule has 0 amide bonds. The average molecular weight is 458 g/mol. The molecule has 1 aliphatic rings. The smallest absolute Gasteiger partial charge is 0.330 e. The van der Waals surface area contributed by atoms with E-state index in [9.17, 15) is 0 Å². The van der Waals surface area contributed by atoms with Gasteiger partial charge in [-0.2, -0.15) is 0 Å². The first-order chi connectivity index (χ1) is 10.9. The number of hydrogen-bond donors (Lipinski definition) is 2. The first kappa shape index (κ1) is 30.3. The van der Waals surface area contributed by atoms with Crippen molar-refractivity contribution >= 4 is 0 Å². The van der Waals surface area contributed by atoms with Gasteiger partial charge in [0.15, 0.2) is 0 Å². The van der Waals surface area contributed by atoms with Crippen molar-refractivity contribution in [2.75, 3.05) is 52.4 Å². The molecule has 0 aliphatic carbocycles. The molecule has 0 radical (unpaired) electrons. The summed E-state index contributed by atoms with van der Waals surface area (Å²) in [5, 5.41) is 0. The third-order valence-electron chi connectivity index (χ3n) is 2.82. The predicted molar refractivity (Wildman–Crippen MR) is 60.2 cm³/mol. The summed E-state index contributed by atoms with van der Waals surface area (Å²) in [5.41, 5.74) is 11.0. The molecule has 1 aliphatic heterocycles. The molecule has 25 heavy (non-hydrogen) atoms. The largest absolute Gasteiger partial charge is 2.00 e. The van der Waals surface area contributed by atoms with Gasteiger partial charge in [0.2, 0.25) is 0 Å². The van der Waals surface area contributed by atoms with Gasteiger partial charge in [0.25, 0.3) is 0 Å². The summed E-state index contributed by atoms with van der Waals surface area (Å²) in [6, 6.07) is 0. The molecular formula is C10H24Cl2N4NiO8. The molecule has 0 unspecified atom stereocenters.